The van der Waals surface area contributed by atoms with Crippen molar-refractivity contribution in [2.75, 3.05) is 19.8 Å². The number of carbonyl (C=O) groups excluding carboxylic acids is 1. The first-order valence-corrected chi connectivity index (χ1v) is 5.15. The maximum absolute atomic E-state index is 11.7. The molecule has 1 saturated heterocycles. The van der Waals surface area contributed by atoms with E-state index in [0.29, 0.717) is 19.6 Å². The van der Waals surface area contributed by atoms with Gasteiger partial charge in [-0.05, 0) is 6.42 Å². The predicted molar refractivity (Wildman–Crippen MR) is 48.3 cm³/mol. The van der Waals surface area contributed by atoms with Crippen LogP contribution in [0.1, 0.15) is 19.3 Å². The molecule has 1 aliphatic carbocycles. The van der Waals surface area contributed by atoms with Gasteiger partial charge < -0.3 is 9.57 Å². The summed E-state index contributed by atoms with van der Waals surface area (Å²) in [6, 6.07) is 0.0755. The van der Waals surface area contributed by atoms with Crippen molar-refractivity contribution in [3.8, 4) is 0 Å². The Hall–Kier alpha value is -0.870. The lowest BCUT2D eigenvalue weighted by Crippen LogP contribution is -2.43. The summed E-state index contributed by atoms with van der Waals surface area (Å²) in [6.45, 7) is 2.07. The van der Waals surface area contributed by atoms with Crippen LogP contribution < -0.4 is 0 Å². The van der Waals surface area contributed by atoms with Gasteiger partial charge in [0.05, 0.1) is 25.3 Å². The molecular formula is C10H13NO3. The normalized spacial score (nSPS) is 32.6. The van der Waals surface area contributed by atoms with E-state index in [-0.39, 0.29) is 11.8 Å². The highest BCUT2D eigenvalue weighted by Gasteiger charge is 2.41. The minimum Gasteiger partial charge on any atom is -0.409 e. The fourth-order valence-corrected chi connectivity index (χ4v) is 2.37. The fraction of sp³-hybridized carbons (Fsp3) is 0.700. The first-order valence-electron chi connectivity index (χ1n) is 5.15. The Morgan fingerprint density at radius 1 is 1.36 bits per heavy atom. The topological polar surface area (TPSA) is 38.8 Å². The van der Waals surface area contributed by atoms with Crippen LogP contribution in [0.25, 0.3) is 0 Å². The number of hydroxylamine groups is 2. The number of hydrogen-bond acceptors (Lipinski definition) is 4. The van der Waals surface area contributed by atoms with Crippen LogP contribution in [0.3, 0.4) is 0 Å². The molecule has 1 atom stereocenters. The van der Waals surface area contributed by atoms with E-state index in [2.05, 4.69) is 0 Å². The van der Waals surface area contributed by atoms with E-state index in [4.69, 9.17) is 9.57 Å². The second kappa shape index (κ2) is 3.07. The van der Waals surface area contributed by atoms with Gasteiger partial charge in [-0.1, -0.05) is 0 Å². The standard InChI is InChI=1S/C10H13NO3/c12-8-2-1-3-9-10(8)7-6-13-5-4-11(7)14-9/h7H,1-6H2. The van der Waals surface area contributed by atoms with E-state index >= 15 is 0 Å². The van der Waals surface area contributed by atoms with Gasteiger partial charge in [-0.15, -0.1) is 5.06 Å². The average molecular weight is 195 g/mol. The molecule has 0 aromatic carbocycles. The van der Waals surface area contributed by atoms with Gasteiger partial charge in [-0.25, -0.2) is 0 Å². The SMILES string of the molecule is O=C1CCCC2=C1C1COCCN1O2. The summed E-state index contributed by atoms with van der Waals surface area (Å²) < 4.78 is 5.37. The number of ether oxygens (including phenoxy) is 1. The molecule has 0 aromatic heterocycles. The molecule has 4 nitrogen and oxygen atoms in total. The van der Waals surface area contributed by atoms with E-state index in [1.54, 1.807) is 0 Å². The molecule has 0 spiro atoms. The molecule has 14 heavy (non-hydrogen) atoms. The maximum Gasteiger partial charge on any atom is 0.164 e. The fourth-order valence-electron chi connectivity index (χ4n) is 2.37. The van der Waals surface area contributed by atoms with Crippen LogP contribution in [0.4, 0.5) is 0 Å². The van der Waals surface area contributed by atoms with E-state index in [0.717, 1.165) is 30.7 Å². The quantitative estimate of drug-likeness (QED) is 0.568. The highest BCUT2D eigenvalue weighted by Crippen LogP contribution is 2.35. The van der Waals surface area contributed by atoms with Gasteiger partial charge in [0.1, 0.15) is 11.8 Å². The third-order valence-corrected chi connectivity index (χ3v) is 3.05. The minimum absolute atomic E-state index is 0.0755. The molecule has 76 valence electrons. The zero-order valence-electron chi connectivity index (χ0n) is 7.99. The van der Waals surface area contributed by atoms with Crippen LogP contribution in [0.15, 0.2) is 11.3 Å². The smallest absolute Gasteiger partial charge is 0.164 e. The molecule has 2 heterocycles. The van der Waals surface area contributed by atoms with Crippen molar-refractivity contribution in [2.24, 2.45) is 0 Å². The average Bonchev–Trinajstić information content (AvgIpc) is 2.57. The summed E-state index contributed by atoms with van der Waals surface area (Å²) in [6.07, 6.45) is 2.51. The third-order valence-electron chi connectivity index (χ3n) is 3.05. The van der Waals surface area contributed by atoms with Gasteiger partial charge in [0.2, 0.25) is 0 Å². The van der Waals surface area contributed by atoms with Gasteiger partial charge in [0, 0.05) is 12.8 Å². The van der Waals surface area contributed by atoms with Gasteiger partial charge in [-0.2, -0.15) is 0 Å². The number of allylic oxidation sites excluding steroid dienone is 1. The molecule has 0 N–H and O–H groups in total. The highest BCUT2D eigenvalue weighted by molar-refractivity contribution is 5.98. The number of nitrogens with zero attached hydrogens (tertiary/aromatic N) is 1. The predicted octanol–water partition coefficient (Wildman–Crippen LogP) is 0.639. The number of rotatable bonds is 0. The Morgan fingerprint density at radius 3 is 3.21 bits per heavy atom. The molecule has 1 fully saturated rings. The van der Waals surface area contributed by atoms with Gasteiger partial charge in [-0.3, -0.25) is 4.79 Å². The molecular weight excluding hydrogens is 182 g/mol. The van der Waals surface area contributed by atoms with Gasteiger partial charge in [0.15, 0.2) is 5.78 Å². The van der Waals surface area contributed by atoms with Gasteiger partial charge >= 0.3 is 0 Å². The highest BCUT2D eigenvalue weighted by atomic mass is 16.7. The second-order valence-electron chi connectivity index (χ2n) is 3.94. The van der Waals surface area contributed by atoms with Crippen LogP contribution in [0.2, 0.25) is 0 Å². The second-order valence-corrected chi connectivity index (χ2v) is 3.94. The first kappa shape index (κ1) is 8.44. The maximum atomic E-state index is 11.7. The lowest BCUT2D eigenvalue weighted by atomic mass is 9.92. The lowest BCUT2D eigenvalue weighted by molar-refractivity contribution is -0.167. The summed E-state index contributed by atoms with van der Waals surface area (Å²) in [7, 11) is 0. The zero-order valence-corrected chi connectivity index (χ0v) is 7.99. The van der Waals surface area contributed by atoms with E-state index in [9.17, 15) is 4.79 Å². The summed E-state index contributed by atoms with van der Waals surface area (Å²) >= 11 is 0. The lowest BCUT2D eigenvalue weighted by Gasteiger charge is -2.28. The molecule has 3 aliphatic rings. The van der Waals surface area contributed by atoms with Crippen LogP contribution in [0, 0.1) is 0 Å². The van der Waals surface area contributed by atoms with E-state index < -0.39 is 0 Å². The van der Waals surface area contributed by atoms with Crippen LogP contribution >= 0.6 is 0 Å². The number of morpholine rings is 1. The van der Waals surface area contributed by atoms with Crippen molar-refractivity contribution in [3.05, 3.63) is 11.3 Å². The Labute approximate surface area is 82.4 Å². The molecule has 0 bridgehead atoms. The summed E-state index contributed by atoms with van der Waals surface area (Å²) in [4.78, 5) is 17.4. The van der Waals surface area contributed by atoms with Crippen molar-refractivity contribution in [1.82, 2.24) is 5.06 Å². The Morgan fingerprint density at radius 2 is 2.29 bits per heavy atom. The zero-order chi connectivity index (χ0) is 9.54. The van der Waals surface area contributed by atoms with Gasteiger partial charge in [0.25, 0.3) is 0 Å². The van der Waals surface area contributed by atoms with Crippen LogP contribution in [-0.4, -0.2) is 36.6 Å². The van der Waals surface area contributed by atoms with Crippen molar-refractivity contribution < 1.29 is 14.4 Å². The Balaban J connectivity index is 1.93. The number of ketones is 1. The van der Waals surface area contributed by atoms with Crippen molar-refractivity contribution in [3.63, 3.8) is 0 Å². The third kappa shape index (κ3) is 1.11. The van der Waals surface area contributed by atoms with Crippen molar-refractivity contribution in [1.29, 1.82) is 0 Å². The van der Waals surface area contributed by atoms with E-state index in [1.165, 1.54) is 0 Å². The largest absolute Gasteiger partial charge is 0.409 e. The Kier molecular flexibility index (Phi) is 1.85. The molecule has 0 saturated carbocycles. The molecule has 4 heteroatoms. The molecule has 0 aromatic rings. The van der Waals surface area contributed by atoms with Crippen molar-refractivity contribution >= 4 is 5.78 Å². The number of fused-ring (bicyclic) bond motifs is 2. The first-order chi connectivity index (χ1) is 6.86. The van der Waals surface area contributed by atoms with Crippen LogP contribution in [0.5, 0.6) is 0 Å². The molecule has 1 unspecified atom stereocenters. The summed E-state index contributed by atoms with van der Waals surface area (Å²) in [5, 5.41) is 1.90. The Bertz CT molecular complexity index is 310. The molecule has 2 aliphatic heterocycles. The number of hydrogen-bond donors (Lipinski definition) is 0. The van der Waals surface area contributed by atoms with E-state index in [1.807, 2.05) is 5.06 Å². The number of Topliss-reactive ketones (excluding diaryl/α,β-unsaturated/α-hetero) is 1. The van der Waals surface area contributed by atoms with Crippen molar-refractivity contribution in [2.45, 2.75) is 25.3 Å². The molecule has 0 amide bonds. The molecule has 3 rings (SSSR count). The van der Waals surface area contributed by atoms with Crippen LogP contribution in [-0.2, 0) is 14.4 Å². The molecule has 0 radical (unpaired) electrons. The number of carbonyl (C=O) groups is 1. The minimum atomic E-state index is 0.0755. The summed E-state index contributed by atoms with van der Waals surface area (Å²) in [5.41, 5.74) is 0.885. The monoisotopic (exact) mass is 195 g/mol. The summed E-state index contributed by atoms with van der Waals surface area (Å²) in [5.74, 6) is 1.15.